The molecule has 0 aliphatic carbocycles. The molecule has 11 heteroatoms. The highest BCUT2D eigenvalue weighted by molar-refractivity contribution is 6.33. The van der Waals surface area contributed by atoms with Crippen molar-refractivity contribution < 1.29 is 32.4 Å². The van der Waals surface area contributed by atoms with Crippen molar-refractivity contribution in [2.45, 2.75) is 25.9 Å². The molecule has 1 unspecified atom stereocenters. The van der Waals surface area contributed by atoms with Crippen LogP contribution in [0.1, 0.15) is 30.3 Å². The van der Waals surface area contributed by atoms with E-state index in [9.17, 15) is 18.0 Å². The van der Waals surface area contributed by atoms with Gasteiger partial charge in [-0.3, -0.25) is 4.79 Å². The summed E-state index contributed by atoms with van der Waals surface area (Å²) in [6.07, 6.45) is -2.85. The van der Waals surface area contributed by atoms with E-state index in [1.807, 2.05) is 18.2 Å². The fourth-order valence-electron chi connectivity index (χ4n) is 2.83. The first-order chi connectivity index (χ1) is 14.0. The number of rotatable bonds is 4. The highest BCUT2D eigenvalue weighted by Gasteiger charge is 2.38. The number of halogens is 4. The minimum absolute atomic E-state index is 0.0828. The van der Waals surface area contributed by atoms with Crippen molar-refractivity contribution in [3.8, 4) is 11.3 Å². The zero-order valence-corrected chi connectivity index (χ0v) is 16.8. The average molecular weight is 448 g/mol. The summed E-state index contributed by atoms with van der Waals surface area (Å²) in [5.41, 5.74) is 1.39. The van der Waals surface area contributed by atoms with Gasteiger partial charge in [0.2, 0.25) is 5.76 Å². The van der Waals surface area contributed by atoms with Gasteiger partial charge in [0.05, 0.1) is 5.02 Å². The van der Waals surface area contributed by atoms with Crippen LogP contribution in [-0.4, -0.2) is 48.0 Å². The normalized spacial score (nSPS) is 18.8. The van der Waals surface area contributed by atoms with E-state index in [0.717, 1.165) is 31.5 Å². The summed E-state index contributed by atoms with van der Waals surface area (Å²) in [6, 6.07) is 8.96. The zero-order valence-electron chi connectivity index (χ0n) is 16.1. The third-order valence-corrected chi connectivity index (χ3v) is 4.82. The maximum atomic E-state index is 12.3. The van der Waals surface area contributed by atoms with E-state index in [0.29, 0.717) is 17.3 Å². The van der Waals surface area contributed by atoms with E-state index in [2.05, 4.69) is 22.7 Å². The molecular weight excluding hydrogens is 427 g/mol. The predicted molar refractivity (Wildman–Crippen MR) is 103 cm³/mol. The number of nitrogens with zero attached hydrogens (tertiary/aromatic N) is 1. The lowest BCUT2D eigenvalue weighted by Crippen LogP contribution is -2.45. The molecule has 1 fully saturated rings. The Labute approximate surface area is 175 Å². The Kier molecular flexibility index (Phi) is 7.85. The van der Waals surface area contributed by atoms with Gasteiger partial charge in [-0.2, -0.15) is 13.2 Å². The van der Waals surface area contributed by atoms with Crippen LogP contribution in [0.15, 0.2) is 34.9 Å². The van der Waals surface area contributed by atoms with Crippen LogP contribution in [-0.2, 0) is 4.79 Å². The van der Waals surface area contributed by atoms with Gasteiger partial charge in [-0.1, -0.05) is 41.9 Å². The van der Waals surface area contributed by atoms with Crippen LogP contribution in [0.25, 0.3) is 11.3 Å². The van der Waals surface area contributed by atoms with E-state index >= 15 is 0 Å². The number of hydrogen-bond acceptors (Lipinski definition) is 5. The zero-order chi connectivity index (χ0) is 22.4. The number of carbonyl (C=O) groups excluding carboxylic acids is 1. The van der Waals surface area contributed by atoms with Crippen molar-refractivity contribution in [1.29, 1.82) is 0 Å². The summed E-state index contributed by atoms with van der Waals surface area (Å²) < 4.78 is 36.9. The number of benzene rings is 1. The number of piperidine rings is 1. The minimum Gasteiger partial charge on any atom is -0.475 e. The molecule has 1 amide bonds. The van der Waals surface area contributed by atoms with Crippen molar-refractivity contribution in [1.82, 2.24) is 15.8 Å². The Morgan fingerprint density at radius 2 is 2.03 bits per heavy atom. The largest absolute Gasteiger partial charge is 0.490 e. The molecule has 2 aromatic rings. The molecule has 1 aliphatic rings. The number of carbonyl (C=O) groups is 2. The second-order valence-electron chi connectivity index (χ2n) is 7.13. The molecule has 2 heterocycles. The van der Waals surface area contributed by atoms with Crippen LogP contribution >= 0.6 is 11.6 Å². The Balaban J connectivity index is 0.000000396. The van der Waals surface area contributed by atoms with E-state index in [1.54, 1.807) is 12.1 Å². The SMILES string of the molecule is CC1(CNC(=O)c2cc(-c3ccccc3Cl)no2)CCCNC1.O=C(O)C(F)(F)F. The van der Waals surface area contributed by atoms with Gasteiger partial charge >= 0.3 is 12.1 Å². The lowest BCUT2D eigenvalue weighted by atomic mass is 9.83. The molecule has 0 bridgehead atoms. The molecule has 0 spiro atoms. The first-order valence-corrected chi connectivity index (χ1v) is 9.40. The molecule has 3 N–H and O–H groups in total. The molecule has 1 aliphatic heterocycles. The predicted octanol–water partition coefficient (Wildman–Crippen LogP) is 3.75. The van der Waals surface area contributed by atoms with Crippen LogP contribution in [0.5, 0.6) is 0 Å². The molecule has 3 rings (SSSR count). The summed E-state index contributed by atoms with van der Waals surface area (Å²) >= 11 is 6.14. The van der Waals surface area contributed by atoms with Crippen molar-refractivity contribution in [2.75, 3.05) is 19.6 Å². The van der Waals surface area contributed by atoms with Crippen molar-refractivity contribution >= 4 is 23.5 Å². The van der Waals surface area contributed by atoms with Crippen LogP contribution in [0.3, 0.4) is 0 Å². The van der Waals surface area contributed by atoms with Gasteiger partial charge in [0.1, 0.15) is 5.69 Å². The highest BCUT2D eigenvalue weighted by Crippen LogP contribution is 2.27. The molecule has 1 aromatic carbocycles. The van der Waals surface area contributed by atoms with Gasteiger partial charge in [0.15, 0.2) is 0 Å². The number of alkyl halides is 3. The number of amides is 1. The molecule has 1 atom stereocenters. The molecule has 1 aromatic heterocycles. The Morgan fingerprint density at radius 3 is 2.60 bits per heavy atom. The summed E-state index contributed by atoms with van der Waals surface area (Å²) in [7, 11) is 0. The fraction of sp³-hybridized carbons (Fsp3) is 0.421. The number of carboxylic acids is 1. The number of carboxylic acid groups (broad SMARTS) is 1. The summed E-state index contributed by atoms with van der Waals surface area (Å²) in [5.74, 6) is -2.80. The molecule has 0 saturated carbocycles. The second-order valence-corrected chi connectivity index (χ2v) is 7.54. The maximum absolute atomic E-state index is 12.3. The van der Waals surface area contributed by atoms with Gasteiger partial charge in [-0.05, 0) is 30.9 Å². The Bertz CT molecular complexity index is 880. The lowest BCUT2D eigenvalue weighted by molar-refractivity contribution is -0.192. The summed E-state index contributed by atoms with van der Waals surface area (Å²) in [6.45, 7) is 4.75. The smallest absolute Gasteiger partial charge is 0.475 e. The lowest BCUT2D eigenvalue weighted by Gasteiger charge is -2.34. The standard InChI is InChI=1S/C17H20ClN3O2.C2HF3O2/c1-17(7-4-8-19-10-17)11-20-16(22)15-9-14(21-23-15)12-5-2-3-6-13(12)18;3-2(4,5)1(6)7/h2-3,5-6,9,19H,4,7-8,10-11H2,1H3,(H,20,22);(H,6,7). The van der Waals surface area contributed by atoms with Gasteiger partial charge in [0.25, 0.3) is 5.91 Å². The molecule has 0 radical (unpaired) electrons. The van der Waals surface area contributed by atoms with Gasteiger partial charge in [0, 0.05) is 24.7 Å². The van der Waals surface area contributed by atoms with Crippen LogP contribution in [0.2, 0.25) is 5.02 Å². The van der Waals surface area contributed by atoms with E-state index in [-0.39, 0.29) is 17.1 Å². The molecule has 164 valence electrons. The van der Waals surface area contributed by atoms with Crippen molar-refractivity contribution in [3.63, 3.8) is 0 Å². The number of hydrogen-bond donors (Lipinski definition) is 3. The molecular formula is C19H21ClF3N3O4. The monoisotopic (exact) mass is 447 g/mol. The van der Waals surface area contributed by atoms with E-state index < -0.39 is 12.1 Å². The molecule has 7 nitrogen and oxygen atoms in total. The van der Waals surface area contributed by atoms with E-state index in [1.165, 1.54) is 0 Å². The summed E-state index contributed by atoms with van der Waals surface area (Å²) in [4.78, 5) is 21.2. The topological polar surface area (TPSA) is 104 Å². The molecule has 1 saturated heterocycles. The quantitative estimate of drug-likeness (QED) is 0.659. The maximum Gasteiger partial charge on any atom is 0.490 e. The number of aliphatic carboxylic acids is 1. The number of nitrogens with one attached hydrogen (secondary N) is 2. The van der Waals surface area contributed by atoms with Crippen LogP contribution in [0.4, 0.5) is 13.2 Å². The minimum atomic E-state index is -5.08. The molecule has 30 heavy (non-hydrogen) atoms. The van der Waals surface area contributed by atoms with Crippen LogP contribution in [0, 0.1) is 5.41 Å². The third kappa shape index (κ3) is 6.74. The first-order valence-electron chi connectivity index (χ1n) is 9.02. The Morgan fingerprint density at radius 1 is 1.37 bits per heavy atom. The van der Waals surface area contributed by atoms with Crippen molar-refractivity contribution in [3.05, 3.63) is 41.1 Å². The highest BCUT2D eigenvalue weighted by atomic mass is 35.5. The number of aromatic nitrogens is 1. The fourth-order valence-corrected chi connectivity index (χ4v) is 3.06. The van der Waals surface area contributed by atoms with E-state index in [4.69, 9.17) is 26.0 Å². The van der Waals surface area contributed by atoms with Crippen LogP contribution < -0.4 is 10.6 Å². The van der Waals surface area contributed by atoms with Gasteiger partial charge in [-0.15, -0.1) is 0 Å². The van der Waals surface area contributed by atoms with Crippen molar-refractivity contribution in [2.24, 2.45) is 5.41 Å². The first kappa shape index (κ1) is 23.7. The summed E-state index contributed by atoms with van der Waals surface area (Å²) in [5, 5.41) is 18.0. The second kappa shape index (κ2) is 9.94. The van der Waals surface area contributed by atoms with Gasteiger partial charge < -0.3 is 20.3 Å². The Hall–Kier alpha value is -2.59. The third-order valence-electron chi connectivity index (χ3n) is 4.49. The average Bonchev–Trinajstić information content (AvgIpc) is 3.17. The van der Waals surface area contributed by atoms with Gasteiger partial charge in [-0.25, -0.2) is 4.79 Å².